The molecule has 1 saturated heterocycles. The lowest BCUT2D eigenvalue weighted by atomic mass is 10.2. The molecule has 0 saturated carbocycles. The van der Waals surface area contributed by atoms with Crippen LogP contribution in [0.1, 0.15) is 12.0 Å². The Kier molecular flexibility index (Phi) is 4.76. The Hall–Kier alpha value is -1.59. The molecule has 1 heterocycles. The van der Waals surface area contributed by atoms with Crippen molar-refractivity contribution in [2.45, 2.75) is 25.1 Å². The number of aliphatic hydroxyl groups is 1. The third-order valence-electron chi connectivity index (χ3n) is 3.43. The van der Waals surface area contributed by atoms with E-state index >= 15 is 0 Å². The molecule has 0 radical (unpaired) electrons. The Morgan fingerprint density at radius 2 is 2.21 bits per heavy atom. The molecule has 19 heavy (non-hydrogen) atoms. The first-order chi connectivity index (χ1) is 9.19. The molecule has 2 N–H and O–H groups in total. The molecule has 1 fully saturated rings. The maximum Gasteiger partial charge on any atom is 0.407 e. The molecule has 0 bridgehead atoms. The van der Waals surface area contributed by atoms with Crippen molar-refractivity contribution in [1.29, 1.82) is 0 Å². The van der Waals surface area contributed by atoms with Gasteiger partial charge in [-0.05, 0) is 19.0 Å². The van der Waals surface area contributed by atoms with E-state index in [9.17, 15) is 4.79 Å². The summed E-state index contributed by atoms with van der Waals surface area (Å²) >= 11 is 0. The molecule has 0 aliphatic carbocycles. The lowest BCUT2D eigenvalue weighted by Crippen LogP contribution is -2.36. The lowest BCUT2D eigenvalue weighted by molar-refractivity contribution is 0.136. The van der Waals surface area contributed by atoms with E-state index in [0.717, 1.165) is 18.5 Å². The number of likely N-dealkylation sites (N-methyl/N-ethyl adjacent to an activating group) is 1. The van der Waals surface area contributed by atoms with Crippen molar-refractivity contribution < 1.29 is 14.6 Å². The number of hydrogen-bond acceptors (Lipinski definition) is 4. The Morgan fingerprint density at radius 3 is 2.84 bits per heavy atom. The zero-order chi connectivity index (χ0) is 13.7. The van der Waals surface area contributed by atoms with Crippen molar-refractivity contribution in [2.24, 2.45) is 0 Å². The molecule has 1 aliphatic heterocycles. The van der Waals surface area contributed by atoms with E-state index in [1.165, 1.54) is 0 Å². The third kappa shape index (κ3) is 3.94. The summed E-state index contributed by atoms with van der Waals surface area (Å²) in [6.07, 6.45) is 0.355. The predicted molar refractivity (Wildman–Crippen MR) is 71.7 cm³/mol. The number of carbonyl (C=O) groups is 1. The molecule has 1 aliphatic rings. The van der Waals surface area contributed by atoms with E-state index in [4.69, 9.17) is 9.84 Å². The van der Waals surface area contributed by atoms with Crippen molar-refractivity contribution in [3.8, 4) is 0 Å². The second-order valence-corrected chi connectivity index (χ2v) is 4.91. The molecule has 1 aromatic carbocycles. The normalized spacial score (nSPS) is 23.3. The molecular weight excluding hydrogens is 244 g/mol. The van der Waals surface area contributed by atoms with Gasteiger partial charge in [-0.3, -0.25) is 4.90 Å². The summed E-state index contributed by atoms with van der Waals surface area (Å²) in [6, 6.07) is 9.75. The summed E-state index contributed by atoms with van der Waals surface area (Å²) in [6.45, 7) is 1.14. The van der Waals surface area contributed by atoms with Crippen LogP contribution in [0.5, 0.6) is 0 Å². The molecular formula is C14H20N2O3. The number of likely N-dealkylation sites (tertiary alicyclic amines) is 1. The summed E-state index contributed by atoms with van der Waals surface area (Å²) in [7, 11) is 1.94. The SMILES string of the molecule is CN1C[C@H](NC(=O)OCc2ccccc2)C[C@H]1CO. The van der Waals surface area contributed by atoms with Gasteiger partial charge in [0.05, 0.1) is 6.61 Å². The van der Waals surface area contributed by atoms with E-state index in [-0.39, 0.29) is 25.3 Å². The van der Waals surface area contributed by atoms with Crippen LogP contribution in [0.3, 0.4) is 0 Å². The minimum Gasteiger partial charge on any atom is -0.445 e. The zero-order valence-electron chi connectivity index (χ0n) is 11.1. The number of aliphatic hydroxyl groups excluding tert-OH is 1. The smallest absolute Gasteiger partial charge is 0.407 e. The molecule has 0 spiro atoms. The van der Waals surface area contributed by atoms with Crippen molar-refractivity contribution in [3.63, 3.8) is 0 Å². The molecule has 104 valence electrons. The van der Waals surface area contributed by atoms with Gasteiger partial charge in [-0.1, -0.05) is 30.3 Å². The highest BCUT2D eigenvalue weighted by atomic mass is 16.5. The number of benzene rings is 1. The largest absolute Gasteiger partial charge is 0.445 e. The van der Waals surface area contributed by atoms with E-state index in [1.54, 1.807) is 0 Å². The molecule has 5 nitrogen and oxygen atoms in total. The predicted octanol–water partition coefficient (Wildman–Crippen LogP) is 0.978. The first kappa shape index (κ1) is 13.8. The van der Waals surface area contributed by atoms with E-state index in [2.05, 4.69) is 5.32 Å². The quantitative estimate of drug-likeness (QED) is 0.851. The third-order valence-corrected chi connectivity index (χ3v) is 3.43. The lowest BCUT2D eigenvalue weighted by Gasteiger charge is -2.15. The number of rotatable bonds is 4. The fourth-order valence-electron chi connectivity index (χ4n) is 2.33. The fourth-order valence-corrected chi connectivity index (χ4v) is 2.33. The van der Waals surface area contributed by atoms with Crippen LogP contribution in [0, 0.1) is 0 Å². The number of nitrogens with one attached hydrogen (secondary N) is 1. The second-order valence-electron chi connectivity index (χ2n) is 4.91. The van der Waals surface area contributed by atoms with Crippen LogP contribution < -0.4 is 5.32 Å². The zero-order valence-corrected chi connectivity index (χ0v) is 11.1. The van der Waals surface area contributed by atoms with Gasteiger partial charge in [0.15, 0.2) is 0 Å². The summed E-state index contributed by atoms with van der Waals surface area (Å²) in [5.41, 5.74) is 0.967. The van der Waals surface area contributed by atoms with Crippen LogP contribution in [0.2, 0.25) is 0 Å². The topological polar surface area (TPSA) is 61.8 Å². The van der Waals surface area contributed by atoms with Gasteiger partial charge in [0.2, 0.25) is 0 Å². The summed E-state index contributed by atoms with van der Waals surface area (Å²) < 4.78 is 5.16. The molecule has 5 heteroatoms. The van der Waals surface area contributed by atoms with Gasteiger partial charge in [-0.25, -0.2) is 4.79 Å². The molecule has 1 aromatic rings. The number of alkyl carbamates (subject to hydrolysis) is 1. The summed E-state index contributed by atoms with van der Waals surface area (Å²) in [4.78, 5) is 13.7. The van der Waals surface area contributed by atoms with E-state index in [0.29, 0.717) is 0 Å². The first-order valence-corrected chi connectivity index (χ1v) is 6.47. The minimum atomic E-state index is -0.402. The first-order valence-electron chi connectivity index (χ1n) is 6.47. The molecule has 2 rings (SSSR count). The maximum atomic E-state index is 11.7. The van der Waals surface area contributed by atoms with Crippen molar-refractivity contribution in [3.05, 3.63) is 35.9 Å². The van der Waals surface area contributed by atoms with Gasteiger partial charge < -0.3 is 15.2 Å². The molecule has 2 atom stereocenters. The highest BCUT2D eigenvalue weighted by molar-refractivity contribution is 5.67. The highest BCUT2D eigenvalue weighted by Gasteiger charge is 2.29. The number of amides is 1. The Morgan fingerprint density at radius 1 is 1.47 bits per heavy atom. The number of carbonyl (C=O) groups excluding carboxylic acids is 1. The standard InChI is InChI=1S/C14H20N2O3/c1-16-8-12(7-13(16)9-17)15-14(18)19-10-11-5-3-2-4-6-11/h2-6,12-13,17H,7-10H2,1H3,(H,15,18)/t12-,13+/m1/s1. The monoisotopic (exact) mass is 264 g/mol. The number of nitrogens with zero attached hydrogens (tertiary/aromatic N) is 1. The average molecular weight is 264 g/mol. The van der Waals surface area contributed by atoms with Crippen LogP contribution in [0.15, 0.2) is 30.3 Å². The Labute approximate surface area is 113 Å². The van der Waals surface area contributed by atoms with E-state index in [1.807, 2.05) is 42.3 Å². The molecule has 0 aromatic heterocycles. The summed E-state index contributed by atoms with van der Waals surface area (Å²) in [5.74, 6) is 0. The second kappa shape index (κ2) is 6.54. The van der Waals surface area contributed by atoms with Crippen LogP contribution in [-0.4, -0.2) is 48.4 Å². The number of hydrogen-bond donors (Lipinski definition) is 2. The van der Waals surface area contributed by atoms with Gasteiger partial charge in [0, 0.05) is 18.6 Å². The summed E-state index contributed by atoms with van der Waals surface area (Å²) in [5, 5.41) is 12.0. The fraction of sp³-hybridized carbons (Fsp3) is 0.500. The minimum absolute atomic E-state index is 0.0467. The van der Waals surface area contributed by atoms with Crippen LogP contribution in [0.4, 0.5) is 4.79 Å². The van der Waals surface area contributed by atoms with Crippen LogP contribution >= 0.6 is 0 Å². The van der Waals surface area contributed by atoms with Crippen molar-refractivity contribution in [1.82, 2.24) is 10.2 Å². The molecule has 1 amide bonds. The van der Waals surface area contributed by atoms with Gasteiger partial charge in [-0.15, -0.1) is 0 Å². The molecule has 0 unspecified atom stereocenters. The van der Waals surface area contributed by atoms with Crippen molar-refractivity contribution in [2.75, 3.05) is 20.2 Å². The Bertz CT molecular complexity index is 410. The van der Waals surface area contributed by atoms with Crippen molar-refractivity contribution >= 4 is 6.09 Å². The van der Waals surface area contributed by atoms with Gasteiger partial charge >= 0.3 is 6.09 Å². The Balaban J connectivity index is 1.73. The highest BCUT2D eigenvalue weighted by Crippen LogP contribution is 2.15. The van der Waals surface area contributed by atoms with Crippen LogP contribution in [-0.2, 0) is 11.3 Å². The van der Waals surface area contributed by atoms with Gasteiger partial charge in [0.1, 0.15) is 6.61 Å². The van der Waals surface area contributed by atoms with Crippen LogP contribution in [0.25, 0.3) is 0 Å². The van der Waals surface area contributed by atoms with E-state index < -0.39 is 6.09 Å². The van der Waals surface area contributed by atoms with Gasteiger partial charge in [-0.2, -0.15) is 0 Å². The van der Waals surface area contributed by atoms with Gasteiger partial charge in [0.25, 0.3) is 0 Å². The maximum absolute atomic E-state index is 11.7. The number of ether oxygens (including phenoxy) is 1. The average Bonchev–Trinajstić information content (AvgIpc) is 2.77.